The number of carbonyl (C=O) groups excluding carboxylic acids is 1. The maximum Gasteiger partial charge on any atom is 0.192 e. The van der Waals surface area contributed by atoms with Crippen LogP contribution >= 0.6 is 11.3 Å². The highest BCUT2D eigenvalue weighted by Gasteiger charge is 2.13. The minimum Gasteiger partial charge on any atom is -0.464 e. The number of thiophene rings is 1. The number of fused-ring (bicyclic) bond motifs is 1. The second-order valence-corrected chi connectivity index (χ2v) is 5.48. The van der Waals surface area contributed by atoms with Gasteiger partial charge in [0.1, 0.15) is 18.5 Å². The molecule has 0 fully saturated rings. The number of para-hydroxylation sites is 1. The SMILES string of the molecule is O=C(COCCc1cccs1)c1coc2ccccc12. The van der Waals surface area contributed by atoms with E-state index in [1.807, 2.05) is 35.7 Å². The van der Waals surface area contributed by atoms with Crippen LogP contribution in [0.4, 0.5) is 0 Å². The highest BCUT2D eigenvalue weighted by Crippen LogP contribution is 2.21. The van der Waals surface area contributed by atoms with E-state index in [0.717, 1.165) is 17.4 Å². The molecule has 3 rings (SSSR count). The quantitative estimate of drug-likeness (QED) is 0.509. The molecule has 0 aliphatic heterocycles. The minimum atomic E-state index is -0.0406. The number of hydrogen-bond acceptors (Lipinski definition) is 4. The number of ether oxygens (including phenoxy) is 1. The monoisotopic (exact) mass is 286 g/mol. The summed E-state index contributed by atoms with van der Waals surface area (Å²) in [4.78, 5) is 13.4. The molecule has 0 radical (unpaired) electrons. The normalized spacial score (nSPS) is 11.0. The van der Waals surface area contributed by atoms with Gasteiger partial charge >= 0.3 is 0 Å². The molecule has 0 amide bonds. The Hall–Kier alpha value is -1.91. The molecule has 3 nitrogen and oxygen atoms in total. The van der Waals surface area contributed by atoms with Gasteiger partial charge in [0.25, 0.3) is 0 Å². The molecule has 2 aromatic heterocycles. The van der Waals surface area contributed by atoms with E-state index in [4.69, 9.17) is 9.15 Å². The van der Waals surface area contributed by atoms with E-state index in [0.29, 0.717) is 12.2 Å². The summed E-state index contributed by atoms with van der Waals surface area (Å²) in [7, 11) is 0. The van der Waals surface area contributed by atoms with Gasteiger partial charge < -0.3 is 9.15 Å². The summed E-state index contributed by atoms with van der Waals surface area (Å²) in [5.41, 5.74) is 1.33. The smallest absolute Gasteiger partial charge is 0.192 e. The molecular weight excluding hydrogens is 272 g/mol. The fourth-order valence-electron chi connectivity index (χ4n) is 2.06. The van der Waals surface area contributed by atoms with Crippen molar-refractivity contribution in [1.82, 2.24) is 0 Å². The number of hydrogen-bond donors (Lipinski definition) is 0. The van der Waals surface area contributed by atoms with Gasteiger partial charge in [-0.05, 0) is 17.5 Å². The van der Waals surface area contributed by atoms with Gasteiger partial charge in [0.15, 0.2) is 5.78 Å². The minimum absolute atomic E-state index is 0.0406. The molecular formula is C16H14O3S. The fraction of sp³-hybridized carbons (Fsp3) is 0.188. The molecule has 0 unspecified atom stereocenters. The molecule has 4 heteroatoms. The van der Waals surface area contributed by atoms with Crippen LogP contribution in [0.25, 0.3) is 11.0 Å². The molecule has 0 aliphatic rings. The molecule has 20 heavy (non-hydrogen) atoms. The van der Waals surface area contributed by atoms with E-state index in [-0.39, 0.29) is 12.4 Å². The molecule has 3 aromatic rings. The highest BCUT2D eigenvalue weighted by molar-refractivity contribution is 7.09. The van der Waals surface area contributed by atoms with Crippen molar-refractivity contribution in [3.63, 3.8) is 0 Å². The molecule has 0 aliphatic carbocycles. The third kappa shape index (κ3) is 2.81. The van der Waals surface area contributed by atoms with Crippen molar-refractivity contribution in [2.45, 2.75) is 6.42 Å². The van der Waals surface area contributed by atoms with Crippen LogP contribution in [0.1, 0.15) is 15.2 Å². The lowest BCUT2D eigenvalue weighted by atomic mass is 10.1. The number of carbonyl (C=O) groups is 1. The van der Waals surface area contributed by atoms with Gasteiger partial charge in [-0.3, -0.25) is 4.79 Å². The van der Waals surface area contributed by atoms with E-state index in [9.17, 15) is 4.79 Å². The Labute approximate surface area is 120 Å². The average molecular weight is 286 g/mol. The molecule has 0 saturated carbocycles. The highest BCUT2D eigenvalue weighted by atomic mass is 32.1. The van der Waals surface area contributed by atoms with Crippen LogP contribution in [0.5, 0.6) is 0 Å². The Bertz CT molecular complexity index is 697. The number of ketones is 1. The van der Waals surface area contributed by atoms with Gasteiger partial charge in [-0.2, -0.15) is 0 Å². The zero-order valence-corrected chi connectivity index (χ0v) is 11.7. The Morgan fingerprint density at radius 3 is 2.95 bits per heavy atom. The lowest BCUT2D eigenvalue weighted by Gasteiger charge is -2.01. The number of furan rings is 1. The zero-order valence-electron chi connectivity index (χ0n) is 10.9. The molecule has 0 N–H and O–H groups in total. The van der Waals surface area contributed by atoms with Crippen LogP contribution < -0.4 is 0 Å². The number of Topliss-reactive ketones (excluding diaryl/α,β-unsaturated/α-hetero) is 1. The van der Waals surface area contributed by atoms with Gasteiger partial charge in [-0.15, -0.1) is 11.3 Å². The van der Waals surface area contributed by atoms with Crippen molar-refractivity contribution >= 4 is 28.1 Å². The van der Waals surface area contributed by atoms with E-state index >= 15 is 0 Å². The van der Waals surface area contributed by atoms with Gasteiger partial charge in [-0.25, -0.2) is 0 Å². The summed E-state index contributed by atoms with van der Waals surface area (Å²) in [6.45, 7) is 0.650. The van der Waals surface area contributed by atoms with Crippen molar-refractivity contribution < 1.29 is 13.9 Å². The summed E-state index contributed by atoms with van der Waals surface area (Å²) >= 11 is 1.70. The van der Waals surface area contributed by atoms with Crippen molar-refractivity contribution in [3.05, 3.63) is 58.5 Å². The Morgan fingerprint density at radius 2 is 2.10 bits per heavy atom. The van der Waals surface area contributed by atoms with Gasteiger partial charge in [-0.1, -0.05) is 24.3 Å². The standard InChI is InChI=1S/C16H14O3S/c17-15(11-18-8-7-12-4-3-9-20-12)14-10-19-16-6-2-1-5-13(14)16/h1-6,9-10H,7-8,11H2. The van der Waals surface area contributed by atoms with Crippen LogP contribution in [0, 0.1) is 0 Å². The Balaban J connectivity index is 1.56. The maximum absolute atomic E-state index is 12.1. The lowest BCUT2D eigenvalue weighted by molar-refractivity contribution is 0.0767. The molecule has 0 atom stereocenters. The summed E-state index contributed by atoms with van der Waals surface area (Å²) in [6, 6.07) is 11.6. The van der Waals surface area contributed by atoms with E-state index in [1.54, 1.807) is 11.3 Å². The predicted octanol–water partition coefficient (Wildman–Crippen LogP) is 3.94. The van der Waals surface area contributed by atoms with Crippen molar-refractivity contribution in [1.29, 1.82) is 0 Å². The van der Waals surface area contributed by atoms with E-state index in [2.05, 4.69) is 6.07 Å². The molecule has 1 aromatic carbocycles. The molecule has 0 spiro atoms. The van der Waals surface area contributed by atoms with Gasteiger partial charge in [0.2, 0.25) is 0 Å². The summed E-state index contributed by atoms with van der Waals surface area (Å²) in [5, 5.41) is 2.89. The van der Waals surface area contributed by atoms with Gasteiger partial charge in [0, 0.05) is 16.7 Å². The van der Waals surface area contributed by atoms with Crippen LogP contribution in [-0.2, 0) is 11.2 Å². The largest absolute Gasteiger partial charge is 0.464 e. The number of benzene rings is 1. The average Bonchev–Trinajstić information content (AvgIpc) is 3.12. The molecule has 0 saturated heterocycles. The Kier molecular flexibility index (Phi) is 3.95. The first-order chi connectivity index (χ1) is 9.84. The maximum atomic E-state index is 12.1. The summed E-state index contributed by atoms with van der Waals surface area (Å²) in [5.74, 6) is -0.0406. The second kappa shape index (κ2) is 6.03. The van der Waals surface area contributed by atoms with Crippen molar-refractivity contribution in [3.8, 4) is 0 Å². The van der Waals surface area contributed by atoms with E-state index < -0.39 is 0 Å². The van der Waals surface area contributed by atoms with Crippen LogP contribution in [-0.4, -0.2) is 19.0 Å². The molecule has 2 heterocycles. The predicted molar refractivity (Wildman–Crippen MR) is 79.4 cm³/mol. The third-order valence-corrected chi connectivity index (χ3v) is 4.02. The van der Waals surface area contributed by atoms with Crippen LogP contribution in [0.15, 0.2) is 52.5 Å². The third-order valence-electron chi connectivity index (χ3n) is 3.09. The topological polar surface area (TPSA) is 39.4 Å². The first kappa shape index (κ1) is 13.1. The fourth-order valence-corrected chi connectivity index (χ4v) is 2.75. The lowest BCUT2D eigenvalue weighted by Crippen LogP contribution is -2.10. The first-order valence-electron chi connectivity index (χ1n) is 6.44. The molecule has 0 bridgehead atoms. The molecule has 102 valence electrons. The van der Waals surface area contributed by atoms with Crippen LogP contribution in [0.3, 0.4) is 0 Å². The summed E-state index contributed by atoms with van der Waals surface area (Å²) < 4.78 is 10.8. The number of rotatable bonds is 6. The van der Waals surface area contributed by atoms with E-state index in [1.165, 1.54) is 11.1 Å². The first-order valence-corrected chi connectivity index (χ1v) is 7.32. The zero-order chi connectivity index (χ0) is 13.8. The van der Waals surface area contributed by atoms with Crippen molar-refractivity contribution in [2.24, 2.45) is 0 Å². The second-order valence-electron chi connectivity index (χ2n) is 4.45. The summed E-state index contributed by atoms with van der Waals surface area (Å²) in [6.07, 6.45) is 2.35. The van der Waals surface area contributed by atoms with Gasteiger partial charge in [0.05, 0.1) is 12.2 Å². The van der Waals surface area contributed by atoms with Crippen LogP contribution in [0.2, 0.25) is 0 Å². The van der Waals surface area contributed by atoms with Crippen molar-refractivity contribution in [2.75, 3.05) is 13.2 Å². The Morgan fingerprint density at radius 1 is 1.20 bits per heavy atom.